The molecule has 96 valence electrons. The highest BCUT2D eigenvalue weighted by atomic mass is 35.5. The molecule has 0 unspecified atom stereocenters. The van der Waals surface area contributed by atoms with E-state index in [1.54, 1.807) is 18.0 Å². The van der Waals surface area contributed by atoms with Crippen molar-refractivity contribution in [2.24, 2.45) is 5.73 Å². The van der Waals surface area contributed by atoms with Crippen LogP contribution in [0.2, 0.25) is 5.15 Å². The molecule has 0 saturated carbocycles. The third-order valence-electron chi connectivity index (χ3n) is 2.41. The van der Waals surface area contributed by atoms with Crippen molar-refractivity contribution in [1.82, 2.24) is 19.7 Å². The van der Waals surface area contributed by atoms with Gasteiger partial charge in [0.2, 0.25) is 0 Å². The molecule has 2 N–H and O–H groups in total. The first-order valence-electron chi connectivity index (χ1n) is 5.54. The van der Waals surface area contributed by atoms with Crippen LogP contribution in [0.4, 0.5) is 0 Å². The van der Waals surface area contributed by atoms with Crippen LogP contribution in [0.1, 0.15) is 11.4 Å². The maximum atomic E-state index is 5.84. The molecule has 2 aromatic rings. The molecule has 0 aliphatic rings. The molecule has 18 heavy (non-hydrogen) atoms. The van der Waals surface area contributed by atoms with Crippen LogP contribution < -0.4 is 5.73 Å². The van der Waals surface area contributed by atoms with Gasteiger partial charge in [-0.3, -0.25) is 0 Å². The minimum Gasteiger partial charge on any atom is -0.329 e. The lowest BCUT2D eigenvalue weighted by Gasteiger charge is -2.06. The highest BCUT2D eigenvalue weighted by Gasteiger charge is 2.08. The highest BCUT2D eigenvalue weighted by Crippen LogP contribution is 2.22. The van der Waals surface area contributed by atoms with Gasteiger partial charge in [0, 0.05) is 25.0 Å². The lowest BCUT2D eigenvalue weighted by molar-refractivity contribution is 0.627. The van der Waals surface area contributed by atoms with Gasteiger partial charge in [-0.2, -0.15) is 0 Å². The van der Waals surface area contributed by atoms with Gasteiger partial charge in [-0.15, -0.1) is 10.2 Å². The molecule has 2 aromatic heterocycles. The van der Waals surface area contributed by atoms with Gasteiger partial charge in [-0.1, -0.05) is 23.4 Å². The fraction of sp³-hybridized carbons (Fsp3) is 0.364. The van der Waals surface area contributed by atoms with E-state index in [1.165, 1.54) is 0 Å². The fourth-order valence-corrected chi connectivity index (χ4v) is 2.68. The van der Waals surface area contributed by atoms with Crippen LogP contribution in [0, 0.1) is 6.92 Å². The zero-order chi connectivity index (χ0) is 13.0. The van der Waals surface area contributed by atoms with E-state index in [0.717, 1.165) is 28.8 Å². The first kappa shape index (κ1) is 13.3. The predicted octanol–water partition coefficient (Wildman–Crippen LogP) is 1.89. The van der Waals surface area contributed by atoms with Gasteiger partial charge < -0.3 is 10.3 Å². The van der Waals surface area contributed by atoms with E-state index in [0.29, 0.717) is 11.7 Å². The van der Waals surface area contributed by atoms with Crippen LogP contribution in [-0.2, 0) is 12.3 Å². The van der Waals surface area contributed by atoms with E-state index in [1.807, 2.05) is 23.6 Å². The summed E-state index contributed by atoms with van der Waals surface area (Å²) in [5.41, 5.74) is 6.68. The Morgan fingerprint density at radius 3 is 3.00 bits per heavy atom. The van der Waals surface area contributed by atoms with Crippen LogP contribution in [0.15, 0.2) is 23.5 Å². The molecule has 7 heteroatoms. The van der Waals surface area contributed by atoms with Crippen molar-refractivity contribution < 1.29 is 0 Å². The monoisotopic (exact) mass is 283 g/mol. The molecule has 5 nitrogen and oxygen atoms in total. The smallest absolute Gasteiger partial charge is 0.191 e. The Balaban J connectivity index is 2.06. The number of rotatable bonds is 5. The topological polar surface area (TPSA) is 69.6 Å². The van der Waals surface area contributed by atoms with E-state index in [4.69, 9.17) is 17.3 Å². The molecule has 0 aliphatic heterocycles. The lowest BCUT2D eigenvalue weighted by Crippen LogP contribution is -2.12. The Kier molecular flexibility index (Phi) is 4.57. The van der Waals surface area contributed by atoms with Crippen molar-refractivity contribution in [3.05, 3.63) is 34.9 Å². The van der Waals surface area contributed by atoms with E-state index in [9.17, 15) is 0 Å². The number of pyridine rings is 1. The van der Waals surface area contributed by atoms with Gasteiger partial charge in [0.15, 0.2) is 5.16 Å². The standard InChI is InChI=1S/C11H14ClN5S/c1-8-15-16-11(17(8)5-3-13)18-7-9-2-4-14-10(12)6-9/h2,4,6H,3,5,7,13H2,1H3. The lowest BCUT2D eigenvalue weighted by atomic mass is 10.3. The van der Waals surface area contributed by atoms with Crippen LogP contribution >= 0.6 is 23.4 Å². The zero-order valence-electron chi connectivity index (χ0n) is 10.0. The number of nitrogens with zero attached hydrogens (tertiary/aromatic N) is 4. The van der Waals surface area contributed by atoms with Crippen molar-refractivity contribution in [2.45, 2.75) is 24.4 Å². The Morgan fingerprint density at radius 1 is 1.44 bits per heavy atom. The van der Waals surface area contributed by atoms with Crippen LogP contribution in [0.3, 0.4) is 0 Å². The largest absolute Gasteiger partial charge is 0.329 e. The van der Waals surface area contributed by atoms with Gasteiger partial charge in [0.05, 0.1) is 0 Å². The fourth-order valence-electron chi connectivity index (χ4n) is 1.54. The molecule has 2 rings (SSSR count). The number of halogens is 1. The van der Waals surface area contributed by atoms with Crippen LogP contribution in [-0.4, -0.2) is 26.3 Å². The summed E-state index contributed by atoms with van der Waals surface area (Å²) in [6.07, 6.45) is 1.70. The summed E-state index contributed by atoms with van der Waals surface area (Å²) in [4.78, 5) is 3.95. The molecule has 0 fully saturated rings. The van der Waals surface area contributed by atoms with E-state index < -0.39 is 0 Å². The number of aryl methyl sites for hydroxylation is 1. The van der Waals surface area contributed by atoms with Crippen LogP contribution in [0.25, 0.3) is 0 Å². The zero-order valence-corrected chi connectivity index (χ0v) is 11.6. The minimum atomic E-state index is 0.507. The first-order chi connectivity index (χ1) is 8.70. The van der Waals surface area contributed by atoms with Crippen molar-refractivity contribution in [1.29, 1.82) is 0 Å². The van der Waals surface area contributed by atoms with E-state index in [2.05, 4.69) is 15.2 Å². The molecule has 0 aromatic carbocycles. The molecule has 0 saturated heterocycles. The normalized spacial score (nSPS) is 10.8. The molecule has 0 aliphatic carbocycles. The number of aromatic nitrogens is 4. The third kappa shape index (κ3) is 3.22. The molecule has 0 bridgehead atoms. The Hall–Kier alpha value is -1.11. The van der Waals surface area contributed by atoms with E-state index in [-0.39, 0.29) is 0 Å². The molecule has 0 spiro atoms. The maximum absolute atomic E-state index is 5.84. The summed E-state index contributed by atoms with van der Waals surface area (Å²) in [5.74, 6) is 1.67. The molecule has 0 amide bonds. The highest BCUT2D eigenvalue weighted by molar-refractivity contribution is 7.98. The summed E-state index contributed by atoms with van der Waals surface area (Å²) in [6.45, 7) is 3.24. The Bertz CT molecular complexity index is 528. The molecule has 0 atom stereocenters. The summed E-state index contributed by atoms with van der Waals surface area (Å²) in [6, 6.07) is 3.79. The number of thioether (sulfide) groups is 1. The minimum absolute atomic E-state index is 0.507. The molecular formula is C11H14ClN5S. The van der Waals surface area contributed by atoms with Gasteiger partial charge in [0.25, 0.3) is 0 Å². The molecule has 2 heterocycles. The second-order valence-corrected chi connectivity index (χ2v) is 5.08. The summed E-state index contributed by atoms with van der Waals surface area (Å²) >= 11 is 7.46. The number of nitrogens with two attached hydrogens (primary N) is 1. The average molecular weight is 284 g/mol. The second-order valence-electron chi connectivity index (χ2n) is 3.75. The van der Waals surface area contributed by atoms with Gasteiger partial charge in [-0.05, 0) is 24.6 Å². The Labute approximate surface area is 115 Å². The second kappa shape index (κ2) is 6.17. The third-order valence-corrected chi connectivity index (χ3v) is 3.66. The summed E-state index contributed by atoms with van der Waals surface area (Å²) in [5, 5.41) is 9.59. The SMILES string of the molecule is Cc1nnc(SCc2ccnc(Cl)c2)n1CCN. The maximum Gasteiger partial charge on any atom is 0.191 e. The van der Waals surface area contributed by atoms with Gasteiger partial charge in [0.1, 0.15) is 11.0 Å². The van der Waals surface area contributed by atoms with Crippen molar-refractivity contribution in [3.8, 4) is 0 Å². The van der Waals surface area contributed by atoms with Crippen molar-refractivity contribution in [3.63, 3.8) is 0 Å². The van der Waals surface area contributed by atoms with Crippen LogP contribution in [0.5, 0.6) is 0 Å². The van der Waals surface area contributed by atoms with E-state index >= 15 is 0 Å². The number of hydrogen-bond donors (Lipinski definition) is 1. The Morgan fingerprint density at radius 2 is 2.28 bits per heavy atom. The molecular weight excluding hydrogens is 270 g/mol. The quantitative estimate of drug-likeness (QED) is 0.670. The van der Waals surface area contributed by atoms with Crippen molar-refractivity contribution >= 4 is 23.4 Å². The molecule has 0 radical (unpaired) electrons. The van der Waals surface area contributed by atoms with Crippen molar-refractivity contribution in [2.75, 3.05) is 6.54 Å². The van der Waals surface area contributed by atoms with Gasteiger partial charge in [-0.25, -0.2) is 4.98 Å². The number of hydrogen-bond acceptors (Lipinski definition) is 5. The first-order valence-corrected chi connectivity index (χ1v) is 6.90. The predicted molar refractivity (Wildman–Crippen MR) is 72.6 cm³/mol. The summed E-state index contributed by atoms with van der Waals surface area (Å²) in [7, 11) is 0. The summed E-state index contributed by atoms with van der Waals surface area (Å²) < 4.78 is 2.02. The average Bonchev–Trinajstić information content (AvgIpc) is 2.69. The van der Waals surface area contributed by atoms with Gasteiger partial charge >= 0.3 is 0 Å².